The number of aromatic nitrogens is 3. The Balaban J connectivity index is 1.41. The summed E-state index contributed by atoms with van der Waals surface area (Å²) in [5, 5.41) is 17.6. The number of hydrogen-bond acceptors (Lipinski definition) is 5. The fourth-order valence-corrected chi connectivity index (χ4v) is 6.78. The summed E-state index contributed by atoms with van der Waals surface area (Å²) in [5.41, 5.74) is 4.99. The van der Waals surface area contributed by atoms with Gasteiger partial charge in [-0.3, -0.25) is 4.79 Å². The zero-order chi connectivity index (χ0) is 27.3. The number of pyridine rings is 1. The molecule has 1 aliphatic rings. The van der Waals surface area contributed by atoms with Crippen molar-refractivity contribution in [2.45, 2.75) is 17.7 Å². The SMILES string of the molecule is NS(=O)(=O)CCn1cc(C(=O)c2ccn3c2CSC3c2ccc[n+]([O-])c2)c2ccc(-c3ccc(F)cc3)cc21. The summed E-state index contributed by atoms with van der Waals surface area (Å²) in [6, 6.07) is 17.0. The number of aryl methyl sites for hydroxylation is 1. The van der Waals surface area contributed by atoms with Crippen LogP contribution in [0.1, 0.15) is 32.6 Å². The fourth-order valence-electron chi connectivity index (χ4n) is 5.02. The smallest absolute Gasteiger partial charge is 0.210 e. The van der Waals surface area contributed by atoms with Crippen molar-refractivity contribution < 1.29 is 22.3 Å². The van der Waals surface area contributed by atoms with Crippen LogP contribution in [0.2, 0.25) is 0 Å². The standard InChI is InChI=1S/C28H23FN4O4S2/c29-21-6-3-18(4-7-21)19-5-8-22-24(16-31(25(22)14-19)12-13-39(30,36)37)27(34)23-9-11-33-26(23)17-38-28(33)20-2-1-10-32(35)15-20/h1-11,14-16,28H,12-13,17H2,(H2,30,36,37). The molecule has 198 valence electrons. The Morgan fingerprint density at radius 3 is 2.62 bits per heavy atom. The van der Waals surface area contributed by atoms with Crippen LogP contribution in [0.15, 0.2) is 85.5 Å². The van der Waals surface area contributed by atoms with Crippen molar-refractivity contribution in [1.82, 2.24) is 9.13 Å². The maximum Gasteiger partial charge on any atom is 0.210 e. The monoisotopic (exact) mass is 562 g/mol. The number of fused-ring (bicyclic) bond motifs is 2. The first-order chi connectivity index (χ1) is 18.7. The third-order valence-corrected chi connectivity index (χ3v) is 8.91. The summed E-state index contributed by atoms with van der Waals surface area (Å²) in [6.07, 6.45) is 6.50. The Morgan fingerprint density at radius 2 is 1.87 bits per heavy atom. The minimum Gasteiger partial charge on any atom is -0.619 e. The van der Waals surface area contributed by atoms with Crippen LogP contribution in [-0.4, -0.2) is 29.1 Å². The summed E-state index contributed by atoms with van der Waals surface area (Å²) in [6.45, 7) is 0.0739. The van der Waals surface area contributed by atoms with Crippen molar-refractivity contribution in [3.8, 4) is 11.1 Å². The van der Waals surface area contributed by atoms with Crippen LogP contribution in [0.25, 0.3) is 22.0 Å². The lowest BCUT2D eigenvalue weighted by atomic mass is 10.00. The van der Waals surface area contributed by atoms with E-state index in [1.807, 2.05) is 35.0 Å². The van der Waals surface area contributed by atoms with Crippen molar-refractivity contribution in [3.05, 3.63) is 119 Å². The van der Waals surface area contributed by atoms with Gasteiger partial charge in [0.15, 0.2) is 18.2 Å². The quantitative estimate of drug-likeness (QED) is 0.182. The number of carbonyl (C=O) groups excluding carboxylic acids is 1. The highest BCUT2D eigenvalue weighted by Crippen LogP contribution is 2.42. The number of hydrogen-bond donors (Lipinski definition) is 1. The van der Waals surface area contributed by atoms with E-state index in [2.05, 4.69) is 0 Å². The Kier molecular flexibility index (Phi) is 6.29. The number of nitrogens with zero attached hydrogens (tertiary/aromatic N) is 3. The molecule has 0 aliphatic carbocycles. The van der Waals surface area contributed by atoms with Crippen LogP contribution in [0.5, 0.6) is 0 Å². The first-order valence-corrected chi connectivity index (χ1v) is 14.9. The number of sulfonamides is 1. The van der Waals surface area contributed by atoms with Gasteiger partial charge in [0.05, 0.1) is 11.3 Å². The Hall–Kier alpha value is -3.93. The normalized spacial score (nSPS) is 15.1. The molecule has 5 aromatic rings. The summed E-state index contributed by atoms with van der Waals surface area (Å²) in [7, 11) is -3.73. The maximum absolute atomic E-state index is 13.9. The van der Waals surface area contributed by atoms with Gasteiger partial charge in [0.2, 0.25) is 10.0 Å². The van der Waals surface area contributed by atoms with E-state index in [1.54, 1.807) is 46.8 Å². The number of carbonyl (C=O) groups is 1. The van der Waals surface area contributed by atoms with Gasteiger partial charge in [-0.2, -0.15) is 4.73 Å². The van der Waals surface area contributed by atoms with Crippen LogP contribution in [0.4, 0.5) is 4.39 Å². The second kappa shape index (κ2) is 9.67. The number of ketones is 1. The van der Waals surface area contributed by atoms with Crippen molar-refractivity contribution in [2.75, 3.05) is 5.75 Å². The largest absolute Gasteiger partial charge is 0.619 e. The fraction of sp³-hybridized carbons (Fsp3) is 0.143. The van der Waals surface area contributed by atoms with Crippen LogP contribution >= 0.6 is 11.8 Å². The molecule has 3 aromatic heterocycles. The Bertz CT molecular complexity index is 1850. The van der Waals surface area contributed by atoms with Gasteiger partial charge in [-0.05, 0) is 41.5 Å². The first-order valence-electron chi connectivity index (χ1n) is 12.1. The van der Waals surface area contributed by atoms with Crippen molar-refractivity contribution >= 4 is 38.5 Å². The molecule has 39 heavy (non-hydrogen) atoms. The zero-order valence-electron chi connectivity index (χ0n) is 20.5. The molecule has 11 heteroatoms. The average Bonchev–Trinajstić information content (AvgIpc) is 3.60. The molecule has 0 fully saturated rings. The van der Waals surface area contributed by atoms with Gasteiger partial charge in [0.1, 0.15) is 11.2 Å². The molecule has 1 unspecified atom stereocenters. The molecule has 2 N–H and O–H groups in total. The number of halogens is 1. The molecule has 2 aromatic carbocycles. The van der Waals surface area contributed by atoms with Crippen LogP contribution in [0, 0.1) is 11.0 Å². The molecule has 0 amide bonds. The van der Waals surface area contributed by atoms with Gasteiger partial charge in [-0.15, -0.1) is 11.8 Å². The summed E-state index contributed by atoms with van der Waals surface area (Å²) in [4.78, 5) is 13.9. The van der Waals surface area contributed by atoms with E-state index in [4.69, 9.17) is 5.14 Å². The molecule has 0 bridgehead atoms. The molecule has 1 atom stereocenters. The molecule has 6 rings (SSSR count). The molecule has 0 saturated carbocycles. The number of nitrogens with two attached hydrogens (primary N) is 1. The zero-order valence-corrected chi connectivity index (χ0v) is 22.2. The third-order valence-electron chi connectivity index (χ3n) is 6.90. The van der Waals surface area contributed by atoms with Crippen molar-refractivity contribution in [1.29, 1.82) is 0 Å². The van der Waals surface area contributed by atoms with Crippen LogP contribution in [-0.2, 0) is 22.3 Å². The summed E-state index contributed by atoms with van der Waals surface area (Å²) >= 11 is 1.63. The van der Waals surface area contributed by atoms with Gasteiger partial charge < -0.3 is 14.3 Å². The number of rotatable bonds is 7. The number of primary sulfonamides is 1. The van der Waals surface area contributed by atoms with E-state index in [9.17, 15) is 22.8 Å². The number of thioether (sulfide) groups is 1. The van der Waals surface area contributed by atoms with Crippen molar-refractivity contribution in [3.63, 3.8) is 0 Å². The average molecular weight is 563 g/mol. The summed E-state index contributed by atoms with van der Waals surface area (Å²) in [5.74, 6) is -0.206. The van der Waals surface area contributed by atoms with E-state index >= 15 is 0 Å². The summed E-state index contributed by atoms with van der Waals surface area (Å²) < 4.78 is 41.4. The van der Waals surface area contributed by atoms with E-state index in [0.717, 1.165) is 27.1 Å². The van der Waals surface area contributed by atoms with Gasteiger partial charge in [0, 0.05) is 58.5 Å². The van der Waals surface area contributed by atoms with Gasteiger partial charge in [-0.25, -0.2) is 17.9 Å². The van der Waals surface area contributed by atoms with E-state index in [-0.39, 0.29) is 29.3 Å². The van der Waals surface area contributed by atoms with Gasteiger partial charge in [0.25, 0.3) is 0 Å². The highest BCUT2D eigenvalue weighted by molar-refractivity contribution is 7.99. The molecular weight excluding hydrogens is 539 g/mol. The lowest BCUT2D eigenvalue weighted by Gasteiger charge is -2.11. The first kappa shape index (κ1) is 25.4. The minimum absolute atomic E-state index is 0.0739. The lowest BCUT2D eigenvalue weighted by Crippen LogP contribution is -2.25. The van der Waals surface area contributed by atoms with Gasteiger partial charge >= 0.3 is 0 Å². The molecule has 1 aliphatic heterocycles. The van der Waals surface area contributed by atoms with Crippen LogP contribution < -0.4 is 9.87 Å². The van der Waals surface area contributed by atoms with E-state index in [1.165, 1.54) is 24.5 Å². The van der Waals surface area contributed by atoms with Crippen molar-refractivity contribution in [2.24, 2.45) is 5.14 Å². The predicted molar refractivity (Wildman–Crippen MR) is 148 cm³/mol. The maximum atomic E-state index is 13.9. The molecule has 4 heterocycles. The number of benzene rings is 2. The molecule has 0 spiro atoms. The topological polar surface area (TPSA) is 114 Å². The highest BCUT2D eigenvalue weighted by Gasteiger charge is 2.30. The second-order valence-corrected chi connectivity index (χ2v) is 12.2. The molecular formula is C28H23FN4O4S2. The van der Waals surface area contributed by atoms with E-state index < -0.39 is 10.0 Å². The van der Waals surface area contributed by atoms with E-state index in [0.29, 0.717) is 27.8 Å². The van der Waals surface area contributed by atoms with Gasteiger partial charge in [-0.1, -0.05) is 24.3 Å². The predicted octanol–water partition coefficient (Wildman–Crippen LogP) is 4.20. The van der Waals surface area contributed by atoms with Crippen LogP contribution in [0.3, 0.4) is 0 Å². The molecule has 0 radical (unpaired) electrons. The molecule has 0 saturated heterocycles. The molecule has 8 nitrogen and oxygen atoms in total. The Morgan fingerprint density at radius 1 is 1.10 bits per heavy atom. The Labute approximate surface area is 228 Å². The highest BCUT2D eigenvalue weighted by atomic mass is 32.2. The minimum atomic E-state index is -3.73. The third kappa shape index (κ3) is 4.84. The lowest BCUT2D eigenvalue weighted by molar-refractivity contribution is -0.605. The second-order valence-electron chi connectivity index (χ2n) is 9.42.